The summed E-state index contributed by atoms with van der Waals surface area (Å²) in [7, 11) is 0. The van der Waals surface area contributed by atoms with Gasteiger partial charge in [0.05, 0.1) is 12.6 Å². The van der Waals surface area contributed by atoms with Gasteiger partial charge in [0, 0.05) is 11.6 Å². The van der Waals surface area contributed by atoms with Gasteiger partial charge in [-0.05, 0) is 68.7 Å². The first-order valence-corrected chi connectivity index (χ1v) is 12.2. The molecule has 1 heterocycles. The van der Waals surface area contributed by atoms with Crippen LogP contribution in [0.15, 0.2) is 48.5 Å². The summed E-state index contributed by atoms with van der Waals surface area (Å²) in [5, 5.41) is 12.5. The van der Waals surface area contributed by atoms with Crippen LogP contribution in [0.3, 0.4) is 0 Å². The molecular formula is C27H35N3O3. The Kier molecular flexibility index (Phi) is 7.78. The zero-order chi connectivity index (χ0) is 23.2. The standard InChI is InChI=1S/C27H35N3O3/c1-19-9-11-21(12-10-19)18-30-25-8-3-2-6-22(25)13-14-24(27(30)32)28-16-15-20-5-4-7-23(17-20)26(31)29-33/h2-3,6,8-12,20,23-24,28,33H,4-5,7,13-18H2,1H3,(H,29,31)/t20-,23+,24?/m1/s1. The highest BCUT2D eigenvalue weighted by Gasteiger charge is 2.31. The zero-order valence-corrected chi connectivity index (χ0v) is 19.4. The molecule has 2 aromatic carbocycles. The molecule has 0 saturated heterocycles. The second-order valence-electron chi connectivity index (χ2n) is 9.58. The Hall–Kier alpha value is -2.70. The summed E-state index contributed by atoms with van der Waals surface area (Å²) in [6, 6.07) is 16.4. The van der Waals surface area contributed by atoms with Crippen LogP contribution < -0.4 is 15.7 Å². The maximum Gasteiger partial charge on any atom is 0.246 e. The number of amides is 2. The molecule has 4 rings (SSSR count). The first kappa shape index (κ1) is 23.5. The maximum atomic E-state index is 13.6. The van der Waals surface area contributed by atoms with Crippen molar-refractivity contribution >= 4 is 17.5 Å². The van der Waals surface area contributed by atoms with Crippen molar-refractivity contribution in [1.29, 1.82) is 0 Å². The molecule has 6 heteroatoms. The molecule has 0 aromatic heterocycles. The summed E-state index contributed by atoms with van der Waals surface area (Å²) in [6.45, 7) is 3.39. The number of nitrogens with one attached hydrogen (secondary N) is 2. The van der Waals surface area contributed by atoms with E-state index in [9.17, 15) is 9.59 Å². The molecule has 176 valence electrons. The summed E-state index contributed by atoms with van der Waals surface area (Å²) < 4.78 is 0. The molecule has 2 aromatic rings. The largest absolute Gasteiger partial charge is 0.306 e. The Morgan fingerprint density at radius 2 is 1.88 bits per heavy atom. The number of carbonyl (C=O) groups excluding carboxylic acids is 2. The van der Waals surface area contributed by atoms with Gasteiger partial charge < -0.3 is 10.2 Å². The van der Waals surface area contributed by atoms with Gasteiger partial charge in [-0.2, -0.15) is 0 Å². The highest BCUT2D eigenvalue weighted by molar-refractivity contribution is 5.98. The fourth-order valence-corrected chi connectivity index (χ4v) is 5.29. The van der Waals surface area contributed by atoms with Crippen LogP contribution in [0.25, 0.3) is 0 Å². The molecule has 0 radical (unpaired) electrons. The summed E-state index contributed by atoms with van der Waals surface area (Å²) in [4.78, 5) is 27.4. The number of nitrogens with zero attached hydrogens (tertiary/aromatic N) is 1. The summed E-state index contributed by atoms with van der Waals surface area (Å²) in [5.41, 5.74) is 6.37. The minimum absolute atomic E-state index is 0.104. The normalized spacial score (nSPS) is 23.0. The van der Waals surface area contributed by atoms with Crippen LogP contribution in [0.4, 0.5) is 5.69 Å². The highest BCUT2D eigenvalue weighted by Crippen LogP contribution is 2.32. The fourth-order valence-electron chi connectivity index (χ4n) is 5.29. The summed E-state index contributed by atoms with van der Waals surface area (Å²) in [6.07, 6.45) is 6.32. The van der Waals surface area contributed by atoms with Gasteiger partial charge in [0.25, 0.3) is 0 Å². The Bertz CT molecular complexity index is 959. The third-order valence-corrected chi connectivity index (χ3v) is 7.22. The number of carbonyl (C=O) groups is 2. The summed E-state index contributed by atoms with van der Waals surface area (Å²) in [5.74, 6) is 0.195. The molecule has 1 aliphatic carbocycles. The molecule has 3 atom stereocenters. The maximum absolute atomic E-state index is 13.6. The minimum Gasteiger partial charge on any atom is -0.306 e. The molecule has 1 unspecified atom stereocenters. The lowest BCUT2D eigenvalue weighted by molar-refractivity contribution is -0.134. The van der Waals surface area contributed by atoms with E-state index >= 15 is 0 Å². The number of aryl methyl sites for hydroxylation is 2. The van der Waals surface area contributed by atoms with Gasteiger partial charge in [0.2, 0.25) is 11.8 Å². The van der Waals surface area contributed by atoms with E-state index in [0.717, 1.165) is 62.7 Å². The molecule has 0 spiro atoms. The SMILES string of the molecule is Cc1ccc(CN2C(=O)C(NCC[C@H]3CCC[C@H](C(=O)NO)C3)CCc3ccccc32)cc1. The average molecular weight is 450 g/mol. The van der Waals surface area contributed by atoms with Gasteiger partial charge >= 0.3 is 0 Å². The molecule has 2 aliphatic rings. The van der Waals surface area contributed by atoms with Crippen LogP contribution in [-0.2, 0) is 22.6 Å². The van der Waals surface area contributed by atoms with E-state index in [-0.39, 0.29) is 23.8 Å². The number of hydroxylamine groups is 1. The van der Waals surface area contributed by atoms with Crippen molar-refractivity contribution in [3.8, 4) is 0 Å². The predicted octanol–water partition coefficient (Wildman–Crippen LogP) is 4.13. The minimum atomic E-state index is -0.267. The smallest absolute Gasteiger partial charge is 0.246 e. The number of hydrogen-bond acceptors (Lipinski definition) is 4. The van der Waals surface area contributed by atoms with E-state index in [2.05, 4.69) is 48.6 Å². The fraction of sp³-hybridized carbons (Fsp3) is 0.481. The van der Waals surface area contributed by atoms with Crippen molar-refractivity contribution in [3.05, 3.63) is 65.2 Å². The number of para-hydroxylation sites is 1. The lowest BCUT2D eigenvalue weighted by atomic mass is 9.79. The third kappa shape index (κ3) is 5.81. The quantitative estimate of drug-likeness (QED) is 0.438. The topological polar surface area (TPSA) is 81.7 Å². The van der Waals surface area contributed by atoms with Crippen molar-refractivity contribution in [2.45, 2.75) is 64.5 Å². The number of hydrogen-bond donors (Lipinski definition) is 3. The van der Waals surface area contributed by atoms with Crippen LogP contribution in [0.5, 0.6) is 0 Å². The molecule has 33 heavy (non-hydrogen) atoms. The molecule has 0 bridgehead atoms. The first-order valence-electron chi connectivity index (χ1n) is 12.2. The van der Waals surface area contributed by atoms with Crippen molar-refractivity contribution in [3.63, 3.8) is 0 Å². The van der Waals surface area contributed by atoms with Crippen LogP contribution in [0, 0.1) is 18.8 Å². The van der Waals surface area contributed by atoms with Crippen LogP contribution in [0.2, 0.25) is 0 Å². The monoisotopic (exact) mass is 449 g/mol. The number of anilines is 1. The van der Waals surface area contributed by atoms with Crippen molar-refractivity contribution in [1.82, 2.24) is 10.8 Å². The Morgan fingerprint density at radius 3 is 2.67 bits per heavy atom. The van der Waals surface area contributed by atoms with E-state index < -0.39 is 0 Å². The van der Waals surface area contributed by atoms with Gasteiger partial charge in [-0.1, -0.05) is 60.9 Å². The lowest BCUT2D eigenvalue weighted by Crippen LogP contribution is -2.46. The van der Waals surface area contributed by atoms with Crippen LogP contribution in [-0.4, -0.2) is 29.6 Å². The first-order chi connectivity index (χ1) is 16.0. The third-order valence-electron chi connectivity index (χ3n) is 7.22. The predicted molar refractivity (Wildman–Crippen MR) is 129 cm³/mol. The Balaban J connectivity index is 1.41. The van der Waals surface area contributed by atoms with Crippen molar-refractivity contribution in [2.24, 2.45) is 11.8 Å². The van der Waals surface area contributed by atoms with E-state index in [4.69, 9.17) is 5.21 Å². The Labute approximate surface area is 196 Å². The van der Waals surface area contributed by atoms with Crippen LogP contribution >= 0.6 is 0 Å². The van der Waals surface area contributed by atoms with E-state index in [0.29, 0.717) is 12.5 Å². The van der Waals surface area contributed by atoms with Crippen LogP contribution in [0.1, 0.15) is 55.2 Å². The Morgan fingerprint density at radius 1 is 1.09 bits per heavy atom. The second kappa shape index (κ2) is 10.9. The molecule has 1 saturated carbocycles. The van der Waals surface area contributed by atoms with E-state index in [1.807, 2.05) is 22.5 Å². The van der Waals surface area contributed by atoms with E-state index in [1.54, 1.807) is 0 Å². The van der Waals surface area contributed by atoms with Gasteiger partial charge in [-0.3, -0.25) is 14.8 Å². The lowest BCUT2D eigenvalue weighted by Gasteiger charge is -2.29. The van der Waals surface area contributed by atoms with Gasteiger partial charge in [-0.15, -0.1) is 0 Å². The molecular weight excluding hydrogens is 414 g/mol. The average Bonchev–Trinajstić information content (AvgIpc) is 2.97. The van der Waals surface area contributed by atoms with Gasteiger partial charge in [-0.25, -0.2) is 5.48 Å². The second-order valence-corrected chi connectivity index (χ2v) is 9.58. The molecule has 6 nitrogen and oxygen atoms in total. The molecule has 3 N–H and O–H groups in total. The zero-order valence-electron chi connectivity index (χ0n) is 19.4. The molecule has 2 amide bonds. The van der Waals surface area contributed by atoms with E-state index in [1.165, 1.54) is 11.1 Å². The molecule has 1 fully saturated rings. The summed E-state index contributed by atoms with van der Waals surface area (Å²) >= 11 is 0. The number of fused-ring (bicyclic) bond motifs is 1. The highest BCUT2D eigenvalue weighted by atomic mass is 16.5. The van der Waals surface area contributed by atoms with Gasteiger partial charge in [0.15, 0.2) is 0 Å². The van der Waals surface area contributed by atoms with Crippen molar-refractivity contribution < 1.29 is 14.8 Å². The number of rotatable bonds is 7. The van der Waals surface area contributed by atoms with Gasteiger partial charge in [0.1, 0.15) is 0 Å². The van der Waals surface area contributed by atoms with Crippen molar-refractivity contribution in [2.75, 3.05) is 11.4 Å². The number of benzene rings is 2. The molecule has 1 aliphatic heterocycles.